The van der Waals surface area contributed by atoms with Gasteiger partial charge in [0.05, 0.1) is 6.61 Å². The molecule has 0 heterocycles. The number of benzene rings is 1. The van der Waals surface area contributed by atoms with Crippen molar-refractivity contribution in [3.05, 3.63) is 35.4 Å². The highest BCUT2D eigenvalue weighted by atomic mass is 28.3. The third kappa shape index (κ3) is 5.41. The Morgan fingerprint density at radius 2 is 2.06 bits per heavy atom. The summed E-state index contributed by atoms with van der Waals surface area (Å²) in [5.41, 5.74) is 7.96. The first kappa shape index (κ1) is 13.4. The van der Waals surface area contributed by atoms with Gasteiger partial charge in [-0.05, 0) is 24.2 Å². The Hall–Kier alpha value is -0.683. The van der Waals surface area contributed by atoms with Gasteiger partial charge in [-0.2, -0.15) is 0 Å². The number of nitrogens with two attached hydrogens (primary N) is 1. The topological polar surface area (TPSA) is 47.3 Å². The molecule has 0 saturated carbocycles. The molecule has 1 radical (unpaired) electrons. The van der Waals surface area contributed by atoms with Crippen molar-refractivity contribution in [1.29, 1.82) is 0 Å². The Bertz CT molecular complexity index is 305. The van der Waals surface area contributed by atoms with Gasteiger partial charge in [-0.15, -0.1) is 0 Å². The Balaban J connectivity index is 2.43. The number of hydrogen-bond donors (Lipinski definition) is 2. The lowest BCUT2D eigenvalue weighted by molar-refractivity contribution is 0.314. The van der Waals surface area contributed by atoms with E-state index in [1.54, 1.807) is 0 Å². The van der Waals surface area contributed by atoms with Gasteiger partial charge in [-0.3, -0.25) is 0 Å². The third-order valence-electron chi connectivity index (χ3n) is 2.17. The summed E-state index contributed by atoms with van der Waals surface area (Å²) in [6.07, 6.45) is 0. The molecule has 0 aromatic heterocycles. The lowest BCUT2D eigenvalue weighted by Crippen LogP contribution is -2.21. The predicted molar refractivity (Wildman–Crippen MR) is 69.5 cm³/mol. The van der Waals surface area contributed by atoms with Crippen LogP contribution in [0.2, 0.25) is 13.1 Å². The van der Waals surface area contributed by atoms with Crippen LogP contribution >= 0.6 is 0 Å². The third-order valence-corrected chi connectivity index (χ3v) is 2.89. The van der Waals surface area contributed by atoms with Crippen LogP contribution in [0.1, 0.15) is 11.1 Å². The smallest absolute Gasteiger partial charge is 0.205 e. The van der Waals surface area contributed by atoms with E-state index >= 15 is 0 Å². The Morgan fingerprint density at radius 1 is 1.31 bits per heavy atom. The molecule has 0 unspecified atom stereocenters. The fourth-order valence-electron chi connectivity index (χ4n) is 1.39. The molecule has 0 aliphatic rings. The van der Waals surface area contributed by atoms with Crippen LogP contribution in [0.15, 0.2) is 24.3 Å². The van der Waals surface area contributed by atoms with E-state index in [2.05, 4.69) is 42.7 Å². The van der Waals surface area contributed by atoms with E-state index in [0.717, 1.165) is 19.7 Å². The molecule has 0 saturated heterocycles. The molecule has 0 aliphatic carbocycles. The van der Waals surface area contributed by atoms with Crippen molar-refractivity contribution < 1.29 is 4.43 Å². The first-order valence-corrected chi connectivity index (χ1v) is 8.04. The van der Waals surface area contributed by atoms with Crippen LogP contribution in [0.25, 0.3) is 0 Å². The van der Waals surface area contributed by atoms with Crippen molar-refractivity contribution in [2.45, 2.75) is 26.2 Å². The van der Waals surface area contributed by atoms with Crippen LogP contribution in [0, 0.1) is 0 Å². The first-order valence-electron chi connectivity index (χ1n) is 5.64. The summed E-state index contributed by atoms with van der Waals surface area (Å²) < 4.78 is 5.67. The molecule has 16 heavy (non-hydrogen) atoms. The highest BCUT2D eigenvalue weighted by molar-refractivity contribution is 6.48. The molecule has 1 aromatic carbocycles. The van der Waals surface area contributed by atoms with Gasteiger partial charge in [0.15, 0.2) is 0 Å². The van der Waals surface area contributed by atoms with Crippen molar-refractivity contribution in [2.75, 3.05) is 13.1 Å². The molecule has 0 bridgehead atoms. The summed E-state index contributed by atoms with van der Waals surface area (Å²) in [5, 5.41) is 3.28. The summed E-state index contributed by atoms with van der Waals surface area (Å²) in [6.45, 7) is 7.44. The van der Waals surface area contributed by atoms with Crippen LogP contribution in [0.5, 0.6) is 0 Å². The van der Waals surface area contributed by atoms with Crippen LogP contribution in [0.3, 0.4) is 0 Å². The Kier molecular flexibility index (Phi) is 6.33. The average molecular weight is 237 g/mol. The zero-order valence-corrected chi connectivity index (χ0v) is 11.1. The number of hydrogen-bond acceptors (Lipinski definition) is 3. The van der Waals surface area contributed by atoms with Gasteiger partial charge in [0.2, 0.25) is 9.04 Å². The highest BCUT2D eigenvalue weighted by Gasteiger charge is 1.99. The van der Waals surface area contributed by atoms with Gasteiger partial charge in [0, 0.05) is 19.6 Å². The molecule has 4 heteroatoms. The van der Waals surface area contributed by atoms with Crippen molar-refractivity contribution in [3.8, 4) is 0 Å². The summed E-state index contributed by atoms with van der Waals surface area (Å²) in [6, 6.07) is 8.50. The monoisotopic (exact) mass is 237 g/mol. The molecule has 0 atom stereocenters. The van der Waals surface area contributed by atoms with Gasteiger partial charge in [-0.1, -0.05) is 24.3 Å². The fraction of sp³-hybridized carbons (Fsp3) is 0.500. The summed E-state index contributed by atoms with van der Waals surface area (Å²) in [5.74, 6) is 0. The van der Waals surface area contributed by atoms with E-state index in [0.29, 0.717) is 6.54 Å². The van der Waals surface area contributed by atoms with E-state index in [1.807, 2.05) is 0 Å². The standard InChI is InChI=1S/C12H21N2OSi/c1-16(2)15-10-12-5-3-4-11(8-12)9-14-7-6-13/h3-5,8,14H,6-7,9-10,13H2,1-2H3. The largest absolute Gasteiger partial charge is 0.413 e. The van der Waals surface area contributed by atoms with Crippen LogP contribution in [-0.2, 0) is 17.6 Å². The van der Waals surface area contributed by atoms with E-state index in [-0.39, 0.29) is 0 Å². The van der Waals surface area contributed by atoms with Crippen molar-refractivity contribution in [3.63, 3.8) is 0 Å². The lowest BCUT2D eigenvalue weighted by atomic mass is 10.1. The highest BCUT2D eigenvalue weighted by Crippen LogP contribution is 2.07. The van der Waals surface area contributed by atoms with Crippen LogP contribution in [-0.4, -0.2) is 22.1 Å². The molecule has 0 spiro atoms. The minimum atomic E-state index is -0.598. The second-order valence-corrected chi connectivity index (χ2v) is 6.09. The summed E-state index contributed by atoms with van der Waals surface area (Å²) in [7, 11) is -0.598. The summed E-state index contributed by atoms with van der Waals surface area (Å²) >= 11 is 0. The van der Waals surface area contributed by atoms with Crippen molar-refractivity contribution in [1.82, 2.24) is 5.32 Å². The lowest BCUT2D eigenvalue weighted by Gasteiger charge is -2.08. The van der Waals surface area contributed by atoms with Crippen molar-refractivity contribution >= 4 is 9.04 Å². The van der Waals surface area contributed by atoms with E-state index in [4.69, 9.17) is 10.2 Å². The molecule has 3 nitrogen and oxygen atoms in total. The average Bonchev–Trinajstić information content (AvgIpc) is 2.27. The molecule has 3 N–H and O–H groups in total. The van der Waals surface area contributed by atoms with Gasteiger partial charge < -0.3 is 15.5 Å². The second-order valence-electron chi connectivity index (χ2n) is 3.98. The zero-order chi connectivity index (χ0) is 11.8. The molecule has 0 amide bonds. The maximum Gasteiger partial charge on any atom is 0.205 e. The maximum atomic E-state index is 5.67. The summed E-state index contributed by atoms with van der Waals surface area (Å²) in [4.78, 5) is 0. The Labute approximate surface area is 99.7 Å². The minimum Gasteiger partial charge on any atom is -0.413 e. The molecule has 0 fully saturated rings. The van der Waals surface area contributed by atoms with Gasteiger partial charge in [0.1, 0.15) is 0 Å². The molecule has 1 aromatic rings. The molecular formula is C12H21N2OSi. The Morgan fingerprint density at radius 3 is 2.75 bits per heavy atom. The van der Waals surface area contributed by atoms with Gasteiger partial charge in [-0.25, -0.2) is 0 Å². The van der Waals surface area contributed by atoms with E-state index in [9.17, 15) is 0 Å². The first-order chi connectivity index (χ1) is 7.72. The van der Waals surface area contributed by atoms with Gasteiger partial charge >= 0.3 is 0 Å². The van der Waals surface area contributed by atoms with Crippen LogP contribution in [0.4, 0.5) is 0 Å². The van der Waals surface area contributed by atoms with E-state index in [1.165, 1.54) is 11.1 Å². The van der Waals surface area contributed by atoms with E-state index < -0.39 is 9.04 Å². The maximum absolute atomic E-state index is 5.67. The molecule has 0 aliphatic heterocycles. The predicted octanol–water partition coefficient (Wildman–Crippen LogP) is 1.50. The SMILES string of the molecule is C[Si](C)OCc1cccc(CNCCN)c1. The number of rotatable bonds is 7. The normalized spacial score (nSPS) is 11.0. The molecular weight excluding hydrogens is 216 g/mol. The van der Waals surface area contributed by atoms with Crippen molar-refractivity contribution in [2.24, 2.45) is 5.73 Å². The van der Waals surface area contributed by atoms with Gasteiger partial charge in [0.25, 0.3) is 0 Å². The minimum absolute atomic E-state index is 0.598. The van der Waals surface area contributed by atoms with Crippen LogP contribution < -0.4 is 11.1 Å². The number of nitrogens with one attached hydrogen (secondary N) is 1. The zero-order valence-electron chi connectivity index (χ0n) is 10.1. The molecule has 89 valence electrons. The fourth-order valence-corrected chi connectivity index (χ4v) is 1.85. The molecule has 1 rings (SSSR count). The quantitative estimate of drug-likeness (QED) is 0.558. The second kappa shape index (κ2) is 7.57.